The van der Waals surface area contributed by atoms with Gasteiger partial charge in [-0.05, 0) is 31.5 Å². The van der Waals surface area contributed by atoms with Crippen LogP contribution in [0.4, 0.5) is 5.82 Å². The van der Waals surface area contributed by atoms with Crippen molar-refractivity contribution in [2.24, 2.45) is 0 Å². The minimum atomic E-state index is 0.735. The lowest BCUT2D eigenvalue weighted by atomic mass is 10.1. The fourth-order valence-electron chi connectivity index (χ4n) is 1.49. The molecule has 4 heteroatoms. The first kappa shape index (κ1) is 10.5. The topological polar surface area (TPSA) is 50.7 Å². The average molecular weight is 214 g/mol. The Bertz CT molecular complexity index is 482. The summed E-state index contributed by atoms with van der Waals surface area (Å²) in [5.74, 6) is 1.59. The Morgan fingerprint density at radius 3 is 2.88 bits per heavy atom. The molecule has 0 aromatic carbocycles. The van der Waals surface area contributed by atoms with Gasteiger partial charge in [0.25, 0.3) is 0 Å². The van der Waals surface area contributed by atoms with Gasteiger partial charge in [-0.2, -0.15) is 0 Å². The van der Waals surface area contributed by atoms with Crippen LogP contribution in [0.2, 0.25) is 0 Å². The molecule has 0 aliphatic carbocycles. The van der Waals surface area contributed by atoms with Crippen LogP contribution in [-0.4, -0.2) is 21.5 Å². The number of pyridine rings is 1. The lowest BCUT2D eigenvalue weighted by Gasteiger charge is -2.06. The number of hydrogen-bond acceptors (Lipinski definition) is 4. The van der Waals surface area contributed by atoms with Crippen molar-refractivity contribution in [2.75, 3.05) is 11.9 Å². The molecule has 0 bridgehead atoms. The molecule has 16 heavy (non-hydrogen) atoms. The second-order valence-electron chi connectivity index (χ2n) is 3.49. The van der Waals surface area contributed by atoms with E-state index in [1.165, 1.54) is 0 Å². The third-order valence-corrected chi connectivity index (χ3v) is 2.27. The molecule has 1 N–H and O–H groups in total. The van der Waals surface area contributed by atoms with Crippen LogP contribution in [0.3, 0.4) is 0 Å². The molecular weight excluding hydrogens is 200 g/mol. The summed E-state index contributed by atoms with van der Waals surface area (Å²) in [6.45, 7) is 4.90. The van der Waals surface area contributed by atoms with Crippen molar-refractivity contribution in [3.05, 3.63) is 36.3 Å². The first-order valence-corrected chi connectivity index (χ1v) is 5.29. The summed E-state index contributed by atoms with van der Waals surface area (Å²) in [6, 6.07) is 3.80. The van der Waals surface area contributed by atoms with E-state index < -0.39 is 0 Å². The molecule has 0 fully saturated rings. The van der Waals surface area contributed by atoms with Crippen LogP contribution < -0.4 is 5.32 Å². The fourth-order valence-corrected chi connectivity index (χ4v) is 1.49. The first-order valence-electron chi connectivity index (χ1n) is 5.29. The minimum Gasteiger partial charge on any atom is -0.370 e. The Morgan fingerprint density at radius 1 is 1.25 bits per heavy atom. The third-order valence-electron chi connectivity index (χ3n) is 2.27. The number of aromatic nitrogens is 3. The SMILES string of the molecule is CCNc1ccnc(-c2ccncc2C)n1. The molecule has 0 radical (unpaired) electrons. The molecule has 0 atom stereocenters. The van der Waals surface area contributed by atoms with Crippen molar-refractivity contribution >= 4 is 5.82 Å². The van der Waals surface area contributed by atoms with Gasteiger partial charge >= 0.3 is 0 Å². The third kappa shape index (κ3) is 2.16. The van der Waals surface area contributed by atoms with Crippen LogP contribution in [0, 0.1) is 6.92 Å². The zero-order valence-corrected chi connectivity index (χ0v) is 9.44. The van der Waals surface area contributed by atoms with Crippen LogP contribution >= 0.6 is 0 Å². The quantitative estimate of drug-likeness (QED) is 0.851. The summed E-state index contributed by atoms with van der Waals surface area (Å²) in [5, 5.41) is 3.17. The summed E-state index contributed by atoms with van der Waals surface area (Å²) in [7, 11) is 0. The normalized spacial score (nSPS) is 10.1. The molecule has 0 saturated heterocycles. The maximum absolute atomic E-state index is 4.44. The van der Waals surface area contributed by atoms with E-state index in [-0.39, 0.29) is 0 Å². The summed E-state index contributed by atoms with van der Waals surface area (Å²) in [4.78, 5) is 12.8. The van der Waals surface area contributed by atoms with Gasteiger partial charge in [0.2, 0.25) is 0 Å². The van der Waals surface area contributed by atoms with E-state index >= 15 is 0 Å². The van der Waals surface area contributed by atoms with Crippen LogP contribution in [0.15, 0.2) is 30.7 Å². The van der Waals surface area contributed by atoms with E-state index in [9.17, 15) is 0 Å². The number of hydrogen-bond donors (Lipinski definition) is 1. The molecule has 0 unspecified atom stereocenters. The molecule has 2 rings (SSSR count). The van der Waals surface area contributed by atoms with Gasteiger partial charge in [0.1, 0.15) is 5.82 Å². The van der Waals surface area contributed by atoms with Gasteiger partial charge in [-0.15, -0.1) is 0 Å². The van der Waals surface area contributed by atoms with Gasteiger partial charge in [-0.25, -0.2) is 9.97 Å². The summed E-state index contributed by atoms with van der Waals surface area (Å²) < 4.78 is 0. The molecule has 4 nitrogen and oxygen atoms in total. The Morgan fingerprint density at radius 2 is 2.12 bits per heavy atom. The van der Waals surface area contributed by atoms with Crippen molar-refractivity contribution in [1.29, 1.82) is 0 Å². The van der Waals surface area contributed by atoms with E-state index in [0.29, 0.717) is 0 Å². The van der Waals surface area contributed by atoms with Crippen molar-refractivity contribution < 1.29 is 0 Å². The van der Waals surface area contributed by atoms with Crippen LogP contribution in [0.5, 0.6) is 0 Å². The first-order chi connectivity index (χ1) is 7.81. The molecule has 0 aliphatic rings. The van der Waals surface area contributed by atoms with Gasteiger partial charge in [0.05, 0.1) is 0 Å². The van der Waals surface area contributed by atoms with Gasteiger partial charge in [-0.1, -0.05) is 0 Å². The lowest BCUT2D eigenvalue weighted by molar-refractivity contribution is 1.11. The molecule has 0 amide bonds. The Hall–Kier alpha value is -1.97. The second-order valence-corrected chi connectivity index (χ2v) is 3.49. The monoisotopic (exact) mass is 214 g/mol. The van der Waals surface area contributed by atoms with Gasteiger partial charge in [0, 0.05) is 30.7 Å². The van der Waals surface area contributed by atoms with Crippen LogP contribution in [-0.2, 0) is 0 Å². The van der Waals surface area contributed by atoms with Crippen LogP contribution in [0.1, 0.15) is 12.5 Å². The van der Waals surface area contributed by atoms with E-state index in [0.717, 1.165) is 29.3 Å². The highest BCUT2D eigenvalue weighted by Gasteiger charge is 2.04. The summed E-state index contributed by atoms with van der Waals surface area (Å²) in [5.41, 5.74) is 2.10. The molecule has 0 saturated carbocycles. The predicted octanol–water partition coefficient (Wildman–Crippen LogP) is 2.28. The van der Waals surface area contributed by atoms with Gasteiger partial charge in [0.15, 0.2) is 5.82 Å². The molecule has 0 spiro atoms. The smallest absolute Gasteiger partial charge is 0.161 e. The number of nitrogens with one attached hydrogen (secondary N) is 1. The molecule has 2 heterocycles. The maximum Gasteiger partial charge on any atom is 0.161 e. The number of nitrogens with zero attached hydrogens (tertiary/aromatic N) is 3. The average Bonchev–Trinajstić information content (AvgIpc) is 2.30. The highest BCUT2D eigenvalue weighted by molar-refractivity contribution is 5.60. The van der Waals surface area contributed by atoms with Crippen molar-refractivity contribution in [3.63, 3.8) is 0 Å². The van der Waals surface area contributed by atoms with E-state index in [4.69, 9.17) is 0 Å². The second kappa shape index (κ2) is 4.70. The summed E-state index contributed by atoms with van der Waals surface area (Å²) in [6.07, 6.45) is 5.34. The molecule has 0 aliphatic heterocycles. The van der Waals surface area contributed by atoms with Crippen molar-refractivity contribution in [3.8, 4) is 11.4 Å². The minimum absolute atomic E-state index is 0.735. The predicted molar refractivity (Wildman–Crippen MR) is 64.2 cm³/mol. The highest BCUT2D eigenvalue weighted by Crippen LogP contribution is 2.18. The van der Waals surface area contributed by atoms with E-state index in [2.05, 4.69) is 20.3 Å². The Labute approximate surface area is 94.8 Å². The lowest BCUT2D eigenvalue weighted by Crippen LogP contribution is -2.01. The van der Waals surface area contributed by atoms with Gasteiger partial charge < -0.3 is 5.32 Å². The van der Waals surface area contributed by atoms with Gasteiger partial charge in [-0.3, -0.25) is 4.98 Å². The maximum atomic E-state index is 4.44. The molecule has 2 aromatic rings. The van der Waals surface area contributed by atoms with Crippen molar-refractivity contribution in [2.45, 2.75) is 13.8 Å². The largest absolute Gasteiger partial charge is 0.370 e. The van der Waals surface area contributed by atoms with E-state index in [1.54, 1.807) is 12.4 Å². The van der Waals surface area contributed by atoms with Crippen molar-refractivity contribution in [1.82, 2.24) is 15.0 Å². The molecular formula is C12H14N4. The number of aryl methyl sites for hydroxylation is 1. The van der Waals surface area contributed by atoms with Crippen LogP contribution in [0.25, 0.3) is 11.4 Å². The fraction of sp³-hybridized carbons (Fsp3) is 0.250. The zero-order chi connectivity index (χ0) is 11.4. The number of anilines is 1. The Kier molecular flexibility index (Phi) is 3.10. The Balaban J connectivity index is 2.40. The highest BCUT2D eigenvalue weighted by atomic mass is 15.0. The standard InChI is InChI=1S/C12H14N4/c1-3-14-11-5-7-15-12(16-11)10-4-6-13-8-9(10)2/h4-8H,3H2,1-2H3,(H,14,15,16). The van der Waals surface area contributed by atoms with E-state index in [1.807, 2.05) is 32.2 Å². The number of rotatable bonds is 3. The zero-order valence-electron chi connectivity index (χ0n) is 9.44. The summed E-state index contributed by atoms with van der Waals surface area (Å²) >= 11 is 0. The molecule has 82 valence electrons. The molecule has 2 aromatic heterocycles.